The Bertz CT molecular complexity index is 250. The van der Waals surface area contributed by atoms with Crippen LogP contribution in [-0.2, 0) is 0 Å². The van der Waals surface area contributed by atoms with Gasteiger partial charge in [-0.25, -0.2) is 0 Å². The molecule has 0 radical (unpaired) electrons. The average Bonchev–Trinajstić information content (AvgIpc) is 2.91. The zero-order valence-electron chi connectivity index (χ0n) is 13.2. The smallest absolute Gasteiger partial charge is 0.0186 e. The molecule has 1 N–H and O–H groups in total. The van der Waals surface area contributed by atoms with Gasteiger partial charge in [0.15, 0.2) is 0 Å². The van der Waals surface area contributed by atoms with E-state index in [0.717, 1.165) is 35.6 Å². The Balaban J connectivity index is 1.80. The zero-order valence-corrected chi connectivity index (χ0v) is 14.0. The van der Waals surface area contributed by atoms with Gasteiger partial charge in [-0.3, -0.25) is 0 Å². The summed E-state index contributed by atoms with van der Waals surface area (Å²) < 4.78 is 0. The van der Waals surface area contributed by atoms with E-state index in [1.807, 2.05) is 0 Å². The molecule has 4 atom stereocenters. The van der Waals surface area contributed by atoms with Crippen molar-refractivity contribution < 1.29 is 0 Å². The molecular weight excluding hydrogens is 250 g/mol. The average molecular weight is 284 g/mol. The topological polar surface area (TPSA) is 12.0 Å². The van der Waals surface area contributed by atoms with Crippen LogP contribution in [0.5, 0.6) is 0 Å². The lowest BCUT2D eigenvalue weighted by atomic mass is 9.73. The van der Waals surface area contributed by atoms with E-state index in [1.165, 1.54) is 50.7 Å². The van der Waals surface area contributed by atoms with Gasteiger partial charge in [0.1, 0.15) is 0 Å². The van der Waals surface area contributed by atoms with Crippen LogP contribution in [0.2, 0.25) is 0 Å². The third-order valence-corrected chi connectivity index (χ3v) is 6.98. The summed E-state index contributed by atoms with van der Waals surface area (Å²) >= 11 is 2.27. The van der Waals surface area contributed by atoms with E-state index in [2.05, 4.69) is 37.8 Å². The summed E-state index contributed by atoms with van der Waals surface area (Å²) in [5.74, 6) is 4.15. The molecule has 19 heavy (non-hydrogen) atoms. The maximum Gasteiger partial charge on any atom is 0.0186 e. The van der Waals surface area contributed by atoms with Gasteiger partial charge >= 0.3 is 0 Å². The third-order valence-electron chi connectivity index (χ3n) is 5.49. The Hall–Kier alpha value is 0.310. The first-order chi connectivity index (χ1) is 9.20. The first-order valence-corrected chi connectivity index (χ1v) is 9.60. The molecule has 2 aliphatic carbocycles. The van der Waals surface area contributed by atoms with Crippen molar-refractivity contribution in [3.8, 4) is 0 Å². The monoisotopic (exact) mass is 283 g/mol. The van der Waals surface area contributed by atoms with Gasteiger partial charge in [0.05, 0.1) is 0 Å². The Morgan fingerprint density at radius 2 is 1.79 bits per heavy atom. The van der Waals surface area contributed by atoms with Crippen molar-refractivity contribution in [1.29, 1.82) is 0 Å². The maximum atomic E-state index is 3.79. The predicted octanol–water partition coefficient (Wildman–Crippen LogP) is 4.71. The highest BCUT2D eigenvalue weighted by atomic mass is 32.2. The largest absolute Gasteiger partial charge is 0.313 e. The normalized spacial score (nSPS) is 34.6. The molecule has 2 saturated carbocycles. The van der Waals surface area contributed by atoms with E-state index in [9.17, 15) is 0 Å². The Morgan fingerprint density at radius 1 is 1.05 bits per heavy atom. The van der Waals surface area contributed by atoms with Crippen LogP contribution in [0.1, 0.15) is 65.7 Å². The van der Waals surface area contributed by atoms with Crippen LogP contribution < -0.4 is 5.32 Å². The lowest BCUT2D eigenvalue weighted by molar-refractivity contribution is 0.179. The molecule has 0 spiro atoms. The number of hydrogen-bond acceptors (Lipinski definition) is 2. The molecule has 0 saturated heterocycles. The molecule has 2 rings (SSSR count). The molecule has 1 nitrogen and oxygen atoms in total. The third kappa shape index (κ3) is 4.67. The predicted molar refractivity (Wildman–Crippen MR) is 87.8 cm³/mol. The number of nitrogens with one attached hydrogen (secondary N) is 1. The molecule has 2 aliphatic rings. The lowest BCUT2D eigenvalue weighted by Crippen LogP contribution is -2.41. The fourth-order valence-electron chi connectivity index (χ4n) is 3.87. The number of thioether (sulfide) groups is 1. The summed E-state index contributed by atoms with van der Waals surface area (Å²) in [4.78, 5) is 0. The second-order valence-electron chi connectivity index (χ2n) is 6.93. The van der Waals surface area contributed by atoms with Crippen LogP contribution in [0, 0.1) is 17.8 Å². The number of rotatable bonds is 6. The molecule has 0 aliphatic heterocycles. The van der Waals surface area contributed by atoms with Crippen LogP contribution in [0.3, 0.4) is 0 Å². The zero-order chi connectivity index (χ0) is 13.7. The minimum Gasteiger partial charge on any atom is -0.313 e. The van der Waals surface area contributed by atoms with Gasteiger partial charge in [-0.05, 0) is 50.0 Å². The van der Waals surface area contributed by atoms with Crippen molar-refractivity contribution in [2.45, 2.75) is 77.0 Å². The molecule has 2 heteroatoms. The van der Waals surface area contributed by atoms with E-state index in [4.69, 9.17) is 0 Å². The SMILES string of the molecule is CCNC(CSC1CCCC1)C1CCC(C)C(C)C1. The summed E-state index contributed by atoms with van der Waals surface area (Å²) in [6.07, 6.45) is 10.2. The molecule has 2 fully saturated rings. The summed E-state index contributed by atoms with van der Waals surface area (Å²) in [5.41, 5.74) is 0. The van der Waals surface area contributed by atoms with Crippen molar-refractivity contribution in [2.75, 3.05) is 12.3 Å². The van der Waals surface area contributed by atoms with E-state index < -0.39 is 0 Å². The van der Waals surface area contributed by atoms with Crippen LogP contribution in [-0.4, -0.2) is 23.6 Å². The molecule has 0 aromatic carbocycles. The Morgan fingerprint density at radius 3 is 2.42 bits per heavy atom. The minimum atomic E-state index is 0.769. The first-order valence-electron chi connectivity index (χ1n) is 8.55. The van der Waals surface area contributed by atoms with Gasteiger partial charge in [0, 0.05) is 17.0 Å². The van der Waals surface area contributed by atoms with Crippen molar-refractivity contribution in [3.05, 3.63) is 0 Å². The Kier molecular flexibility index (Phi) is 6.55. The summed E-state index contributed by atoms with van der Waals surface area (Å²) in [6.45, 7) is 8.30. The van der Waals surface area contributed by atoms with E-state index in [1.54, 1.807) is 0 Å². The van der Waals surface area contributed by atoms with E-state index in [0.29, 0.717) is 0 Å². The van der Waals surface area contributed by atoms with Crippen molar-refractivity contribution in [2.24, 2.45) is 17.8 Å². The highest BCUT2D eigenvalue weighted by Crippen LogP contribution is 2.37. The van der Waals surface area contributed by atoms with Crippen LogP contribution in [0.25, 0.3) is 0 Å². The summed E-state index contributed by atoms with van der Waals surface area (Å²) in [7, 11) is 0. The molecule has 0 aromatic rings. The van der Waals surface area contributed by atoms with Gasteiger partial charge in [-0.1, -0.05) is 40.0 Å². The van der Waals surface area contributed by atoms with Crippen LogP contribution >= 0.6 is 11.8 Å². The summed E-state index contributed by atoms with van der Waals surface area (Å²) in [5, 5.41) is 4.76. The summed E-state index contributed by atoms with van der Waals surface area (Å²) in [6, 6.07) is 0.769. The molecule has 112 valence electrons. The van der Waals surface area contributed by atoms with Gasteiger partial charge in [-0.2, -0.15) is 11.8 Å². The molecule has 0 amide bonds. The quantitative estimate of drug-likeness (QED) is 0.757. The molecular formula is C17H33NS. The van der Waals surface area contributed by atoms with E-state index in [-0.39, 0.29) is 0 Å². The molecule has 0 heterocycles. The standard InChI is InChI=1S/C17H33NS/c1-4-18-17(12-19-16-7-5-6-8-16)15-10-9-13(2)14(3)11-15/h13-18H,4-12H2,1-3H3. The van der Waals surface area contributed by atoms with Gasteiger partial charge in [-0.15, -0.1) is 0 Å². The second kappa shape index (κ2) is 7.93. The van der Waals surface area contributed by atoms with Gasteiger partial charge in [0.25, 0.3) is 0 Å². The second-order valence-corrected chi connectivity index (χ2v) is 8.27. The molecule has 4 unspecified atom stereocenters. The van der Waals surface area contributed by atoms with Crippen molar-refractivity contribution >= 4 is 11.8 Å². The molecule has 0 aromatic heterocycles. The minimum absolute atomic E-state index is 0.769. The first kappa shape index (κ1) is 15.7. The Labute approximate surface area is 124 Å². The highest BCUT2D eigenvalue weighted by molar-refractivity contribution is 7.99. The number of hydrogen-bond donors (Lipinski definition) is 1. The maximum absolute atomic E-state index is 3.79. The van der Waals surface area contributed by atoms with E-state index >= 15 is 0 Å². The van der Waals surface area contributed by atoms with Crippen molar-refractivity contribution in [1.82, 2.24) is 5.32 Å². The highest BCUT2D eigenvalue weighted by Gasteiger charge is 2.30. The molecule has 0 bridgehead atoms. The van der Waals surface area contributed by atoms with Crippen LogP contribution in [0.4, 0.5) is 0 Å². The lowest BCUT2D eigenvalue weighted by Gasteiger charge is -2.37. The van der Waals surface area contributed by atoms with Crippen molar-refractivity contribution in [3.63, 3.8) is 0 Å². The van der Waals surface area contributed by atoms with Gasteiger partial charge in [0.2, 0.25) is 0 Å². The van der Waals surface area contributed by atoms with Gasteiger partial charge < -0.3 is 5.32 Å². The fraction of sp³-hybridized carbons (Fsp3) is 1.00. The fourth-order valence-corrected chi connectivity index (χ4v) is 5.41. The van der Waals surface area contributed by atoms with Crippen LogP contribution in [0.15, 0.2) is 0 Å².